The standard InChI is InChI=1S/C15H21N5O2/c16-10-12-4-1-7-19(12)8-2-5-14(21)20-9-3-6-18-11-13(20)15(17)22/h1,4,7,13,18H,2-3,5-6,8-9,11H2,(H2,17,22). The molecule has 0 radical (unpaired) electrons. The Morgan fingerprint density at radius 1 is 1.50 bits per heavy atom. The molecule has 1 unspecified atom stereocenters. The second kappa shape index (κ2) is 7.61. The molecule has 7 heteroatoms. The Hall–Kier alpha value is -2.33. The van der Waals surface area contributed by atoms with Crippen LogP contribution in [0.2, 0.25) is 0 Å². The van der Waals surface area contributed by atoms with Gasteiger partial charge in [-0.15, -0.1) is 0 Å². The summed E-state index contributed by atoms with van der Waals surface area (Å²) in [6.07, 6.45) is 3.60. The van der Waals surface area contributed by atoms with E-state index in [0.717, 1.165) is 13.0 Å². The summed E-state index contributed by atoms with van der Waals surface area (Å²) >= 11 is 0. The molecule has 2 rings (SSSR count). The van der Waals surface area contributed by atoms with Crippen molar-refractivity contribution in [2.45, 2.75) is 31.8 Å². The minimum absolute atomic E-state index is 0.0573. The first kappa shape index (κ1) is 16.0. The average Bonchev–Trinajstić information content (AvgIpc) is 2.80. The zero-order valence-electron chi connectivity index (χ0n) is 12.5. The molecule has 0 aromatic carbocycles. The van der Waals surface area contributed by atoms with Gasteiger partial charge in [-0.05, 0) is 31.5 Å². The summed E-state index contributed by atoms with van der Waals surface area (Å²) in [5, 5.41) is 12.1. The molecule has 0 bridgehead atoms. The maximum Gasteiger partial charge on any atom is 0.241 e. The second-order valence-corrected chi connectivity index (χ2v) is 5.37. The maximum absolute atomic E-state index is 12.4. The summed E-state index contributed by atoms with van der Waals surface area (Å²) in [5.41, 5.74) is 5.98. The van der Waals surface area contributed by atoms with Gasteiger partial charge in [-0.25, -0.2) is 0 Å². The van der Waals surface area contributed by atoms with E-state index >= 15 is 0 Å². The molecule has 0 saturated carbocycles. The minimum Gasteiger partial charge on any atom is -0.368 e. The summed E-state index contributed by atoms with van der Waals surface area (Å²) in [6, 6.07) is 5.08. The van der Waals surface area contributed by atoms with Crippen molar-refractivity contribution >= 4 is 11.8 Å². The number of nitrogens with zero attached hydrogens (tertiary/aromatic N) is 3. The number of nitrogens with one attached hydrogen (secondary N) is 1. The maximum atomic E-state index is 12.4. The van der Waals surface area contributed by atoms with E-state index in [2.05, 4.69) is 11.4 Å². The lowest BCUT2D eigenvalue weighted by Gasteiger charge is -2.27. The van der Waals surface area contributed by atoms with Gasteiger partial charge >= 0.3 is 0 Å². The van der Waals surface area contributed by atoms with Crippen molar-refractivity contribution in [1.29, 1.82) is 5.26 Å². The van der Waals surface area contributed by atoms with Crippen LogP contribution in [0.1, 0.15) is 25.0 Å². The lowest BCUT2D eigenvalue weighted by atomic mass is 10.2. The number of carbonyl (C=O) groups excluding carboxylic acids is 2. The molecule has 1 fully saturated rings. The van der Waals surface area contributed by atoms with Crippen LogP contribution in [0.4, 0.5) is 0 Å². The molecule has 1 saturated heterocycles. The quantitative estimate of drug-likeness (QED) is 0.787. The molecule has 1 aliphatic rings. The van der Waals surface area contributed by atoms with Gasteiger partial charge in [0.05, 0.1) is 0 Å². The number of hydrogen-bond donors (Lipinski definition) is 2. The molecule has 118 valence electrons. The number of carbonyl (C=O) groups is 2. The molecule has 1 aromatic heterocycles. The van der Waals surface area contributed by atoms with Gasteiger partial charge in [0.1, 0.15) is 17.8 Å². The van der Waals surface area contributed by atoms with Gasteiger partial charge in [0, 0.05) is 32.3 Å². The van der Waals surface area contributed by atoms with Crippen LogP contribution in [0.3, 0.4) is 0 Å². The molecular formula is C15H21N5O2. The number of nitrogens with two attached hydrogens (primary N) is 1. The molecule has 2 amide bonds. The van der Waals surface area contributed by atoms with E-state index in [-0.39, 0.29) is 5.91 Å². The van der Waals surface area contributed by atoms with Crippen LogP contribution in [0.15, 0.2) is 18.3 Å². The Kier molecular flexibility index (Phi) is 5.55. The normalized spacial score (nSPS) is 18.5. The molecule has 3 N–H and O–H groups in total. The smallest absolute Gasteiger partial charge is 0.241 e. The Morgan fingerprint density at radius 3 is 3.05 bits per heavy atom. The molecule has 1 aromatic rings. The third kappa shape index (κ3) is 3.86. The van der Waals surface area contributed by atoms with Crippen molar-refractivity contribution in [1.82, 2.24) is 14.8 Å². The number of aromatic nitrogens is 1. The Balaban J connectivity index is 1.90. The van der Waals surface area contributed by atoms with E-state index in [1.165, 1.54) is 0 Å². The zero-order chi connectivity index (χ0) is 15.9. The minimum atomic E-state index is -0.573. The largest absolute Gasteiger partial charge is 0.368 e. The number of amides is 2. The first-order chi connectivity index (χ1) is 10.6. The third-order valence-corrected chi connectivity index (χ3v) is 3.85. The number of primary amides is 1. The van der Waals surface area contributed by atoms with Crippen molar-refractivity contribution in [3.63, 3.8) is 0 Å². The fourth-order valence-corrected chi connectivity index (χ4v) is 2.69. The summed E-state index contributed by atoms with van der Waals surface area (Å²) < 4.78 is 1.82. The van der Waals surface area contributed by atoms with Crippen LogP contribution in [-0.2, 0) is 16.1 Å². The lowest BCUT2D eigenvalue weighted by Crippen LogP contribution is -2.51. The van der Waals surface area contributed by atoms with Gasteiger partial charge < -0.3 is 20.5 Å². The van der Waals surface area contributed by atoms with Crippen LogP contribution < -0.4 is 11.1 Å². The monoisotopic (exact) mass is 303 g/mol. The summed E-state index contributed by atoms with van der Waals surface area (Å²) in [6.45, 7) is 2.35. The van der Waals surface area contributed by atoms with Gasteiger partial charge in [0.25, 0.3) is 0 Å². The van der Waals surface area contributed by atoms with E-state index in [1.54, 1.807) is 11.0 Å². The van der Waals surface area contributed by atoms with Crippen LogP contribution in [0.5, 0.6) is 0 Å². The molecular weight excluding hydrogens is 282 g/mol. The van der Waals surface area contributed by atoms with E-state index in [4.69, 9.17) is 11.0 Å². The van der Waals surface area contributed by atoms with Gasteiger partial charge in [0.15, 0.2) is 0 Å². The molecule has 0 aliphatic carbocycles. The van der Waals surface area contributed by atoms with Crippen molar-refractivity contribution in [3.8, 4) is 6.07 Å². The van der Waals surface area contributed by atoms with E-state index in [1.807, 2.05) is 16.8 Å². The Morgan fingerprint density at radius 2 is 2.32 bits per heavy atom. The summed E-state index contributed by atoms with van der Waals surface area (Å²) in [5.74, 6) is -0.530. The number of hydrogen-bond acceptors (Lipinski definition) is 4. The summed E-state index contributed by atoms with van der Waals surface area (Å²) in [4.78, 5) is 25.5. The highest BCUT2D eigenvalue weighted by molar-refractivity contribution is 5.86. The molecule has 0 spiro atoms. The topological polar surface area (TPSA) is 104 Å². The first-order valence-electron chi connectivity index (χ1n) is 7.48. The SMILES string of the molecule is N#Cc1cccn1CCCC(=O)N1CCCNCC1C(N)=O. The van der Waals surface area contributed by atoms with E-state index in [9.17, 15) is 9.59 Å². The average molecular weight is 303 g/mol. The number of nitriles is 1. The molecule has 22 heavy (non-hydrogen) atoms. The van der Waals surface area contributed by atoms with Crippen molar-refractivity contribution in [2.75, 3.05) is 19.6 Å². The predicted molar refractivity (Wildman–Crippen MR) is 80.6 cm³/mol. The zero-order valence-corrected chi connectivity index (χ0v) is 12.5. The van der Waals surface area contributed by atoms with Gasteiger partial charge in [0.2, 0.25) is 11.8 Å². The van der Waals surface area contributed by atoms with Crippen molar-refractivity contribution < 1.29 is 9.59 Å². The first-order valence-corrected chi connectivity index (χ1v) is 7.48. The molecule has 7 nitrogen and oxygen atoms in total. The molecule has 2 heterocycles. The van der Waals surface area contributed by atoms with Crippen LogP contribution in [0, 0.1) is 11.3 Å². The van der Waals surface area contributed by atoms with Crippen LogP contribution in [-0.4, -0.2) is 47.0 Å². The molecule has 1 aliphatic heterocycles. The Bertz CT molecular complexity index is 575. The highest BCUT2D eigenvalue weighted by Crippen LogP contribution is 2.10. The van der Waals surface area contributed by atoms with Crippen molar-refractivity contribution in [3.05, 3.63) is 24.0 Å². The van der Waals surface area contributed by atoms with E-state index < -0.39 is 11.9 Å². The highest BCUT2D eigenvalue weighted by Gasteiger charge is 2.28. The predicted octanol–water partition coefficient (Wildman–Crippen LogP) is -0.184. The third-order valence-electron chi connectivity index (χ3n) is 3.85. The fraction of sp³-hybridized carbons (Fsp3) is 0.533. The number of rotatable bonds is 5. The second-order valence-electron chi connectivity index (χ2n) is 5.37. The van der Waals surface area contributed by atoms with Crippen LogP contribution >= 0.6 is 0 Å². The van der Waals surface area contributed by atoms with Gasteiger partial charge in [-0.2, -0.15) is 5.26 Å². The Labute approximate surface area is 129 Å². The lowest BCUT2D eigenvalue weighted by molar-refractivity contribution is -0.139. The highest BCUT2D eigenvalue weighted by atomic mass is 16.2. The van der Waals surface area contributed by atoms with E-state index in [0.29, 0.717) is 38.2 Å². The van der Waals surface area contributed by atoms with Gasteiger partial charge in [-0.1, -0.05) is 0 Å². The fourth-order valence-electron chi connectivity index (χ4n) is 2.69. The summed E-state index contributed by atoms with van der Waals surface area (Å²) in [7, 11) is 0. The number of aryl methyl sites for hydroxylation is 1. The molecule has 1 atom stereocenters. The van der Waals surface area contributed by atoms with Gasteiger partial charge in [-0.3, -0.25) is 9.59 Å². The van der Waals surface area contributed by atoms with Crippen LogP contribution in [0.25, 0.3) is 0 Å². The van der Waals surface area contributed by atoms with Crippen molar-refractivity contribution in [2.24, 2.45) is 5.73 Å².